The summed E-state index contributed by atoms with van der Waals surface area (Å²) < 4.78 is 0. The molecule has 2 aliphatic heterocycles. The van der Waals surface area contributed by atoms with Crippen LogP contribution in [-0.4, -0.2) is 53.8 Å². The molecular weight excluding hydrogens is 200 g/mol. The van der Waals surface area contributed by atoms with Crippen molar-refractivity contribution in [2.75, 3.05) is 32.1 Å². The third-order valence-corrected chi connectivity index (χ3v) is 3.45. The van der Waals surface area contributed by atoms with E-state index in [0.717, 1.165) is 51.3 Å². The zero-order valence-electron chi connectivity index (χ0n) is 8.41. The second-order valence-corrected chi connectivity index (χ2v) is 4.50. The Balaban J connectivity index is 1.83. The molecule has 0 bridgehead atoms. The number of alkyl halides is 1. The highest BCUT2D eigenvalue weighted by Crippen LogP contribution is 2.22. The molecule has 14 heavy (non-hydrogen) atoms. The summed E-state index contributed by atoms with van der Waals surface area (Å²) in [5, 5.41) is 0. The third kappa shape index (κ3) is 2.04. The lowest BCUT2D eigenvalue weighted by Gasteiger charge is -2.37. The van der Waals surface area contributed by atoms with E-state index in [-0.39, 0.29) is 0 Å². The monoisotopic (exact) mass is 216 g/mol. The highest BCUT2D eigenvalue weighted by molar-refractivity contribution is 6.17. The lowest BCUT2D eigenvalue weighted by Crippen LogP contribution is -2.51. The quantitative estimate of drug-likeness (QED) is 0.656. The fourth-order valence-electron chi connectivity index (χ4n) is 2.42. The number of halogens is 1. The molecule has 0 aromatic heterocycles. The Bertz CT molecular complexity index is 222. The first-order valence-corrected chi connectivity index (χ1v) is 5.92. The van der Waals surface area contributed by atoms with E-state index in [1.807, 2.05) is 0 Å². The van der Waals surface area contributed by atoms with Gasteiger partial charge in [-0.25, -0.2) is 0 Å². The van der Waals surface area contributed by atoms with E-state index >= 15 is 0 Å². The predicted molar refractivity (Wildman–Crippen MR) is 56.5 cm³/mol. The smallest absolute Gasteiger partial charge is 0.222 e. The topological polar surface area (TPSA) is 23.6 Å². The van der Waals surface area contributed by atoms with Crippen LogP contribution in [0.5, 0.6) is 0 Å². The van der Waals surface area contributed by atoms with Crippen LogP contribution < -0.4 is 0 Å². The van der Waals surface area contributed by atoms with E-state index in [2.05, 4.69) is 9.80 Å². The van der Waals surface area contributed by atoms with Gasteiger partial charge in [-0.3, -0.25) is 9.69 Å². The summed E-state index contributed by atoms with van der Waals surface area (Å²) in [7, 11) is 0. The van der Waals surface area contributed by atoms with Crippen LogP contribution in [0.3, 0.4) is 0 Å². The number of nitrogens with zero attached hydrogens (tertiary/aromatic N) is 2. The maximum absolute atomic E-state index is 11.4. The molecule has 0 saturated carbocycles. The van der Waals surface area contributed by atoms with Gasteiger partial charge in [0, 0.05) is 38.0 Å². The molecule has 2 fully saturated rings. The summed E-state index contributed by atoms with van der Waals surface area (Å²) in [6.45, 7) is 4.09. The van der Waals surface area contributed by atoms with Crippen LogP contribution in [0.2, 0.25) is 0 Å². The first kappa shape index (κ1) is 10.2. The summed E-state index contributed by atoms with van der Waals surface area (Å²) in [5.74, 6) is 1.09. The fraction of sp³-hybridized carbons (Fsp3) is 0.900. The van der Waals surface area contributed by atoms with Gasteiger partial charge in [0.15, 0.2) is 0 Å². The summed E-state index contributed by atoms with van der Waals surface area (Å²) >= 11 is 5.66. The predicted octanol–water partition coefficient (Wildman–Crippen LogP) is 0.922. The molecule has 1 atom stereocenters. The number of carbonyl (C=O) groups is 1. The summed E-state index contributed by atoms with van der Waals surface area (Å²) in [6, 6.07) is 0.492. The van der Waals surface area contributed by atoms with Crippen LogP contribution in [0.25, 0.3) is 0 Å². The van der Waals surface area contributed by atoms with Crippen molar-refractivity contribution < 1.29 is 4.79 Å². The average molecular weight is 217 g/mol. The molecule has 80 valence electrons. The van der Waals surface area contributed by atoms with Crippen LogP contribution >= 0.6 is 11.6 Å². The molecule has 2 saturated heterocycles. The van der Waals surface area contributed by atoms with E-state index < -0.39 is 0 Å². The molecule has 0 N–H and O–H groups in total. The lowest BCUT2D eigenvalue weighted by atomic mass is 10.1. The van der Waals surface area contributed by atoms with Crippen molar-refractivity contribution in [3.8, 4) is 0 Å². The highest BCUT2D eigenvalue weighted by atomic mass is 35.5. The molecular formula is C10H17ClN2O. The van der Waals surface area contributed by atoms with Crippen LogP contribution in [0.15, 0.2) is 0 Å². The molecule has 2 heterocycles. The summed E-state index contributed by atoms with van der Waals surface area (Å²) in [5.41, 5.74) is 0. The SMILES string of the molecule is O=C1CCC2CN(CCCCl)CCN12. The van der Waals surface area contributed by atoms with Crippen LogP contribution in [-0.2, 0) is 4.79 Å². The molecule has 1 amide bonds. The van der Waals surface area contributed by atoms with Crippen molar-refractivity contribution in [1.29, 1.82) is 0 Å². The molecule has 3 nitrogen and oxygen atoms in total. The maximum Gasteiger partial charge on any atom is 0.222 e. The zero-order chi connectivity index (χ0) is 9.97. The second-order valence-electron chi connectivity index (χ2n) is 4.12. The van der Waals surface area contributed by atoms with Crippen LogP contribution in [0.4, 0.5) is 0 Å². The van der Waals surface area contributed by atoms with Gasteiger partial charge < -0.3 is 4.90 Å². The Morgan fingerprint density at radius 1 is 1.43 bits per heavy atom. The van der Waals surface area contributed by atoms with Gasteiger partial charge in [-0.1, -0.05) is 0 Å². The number of piperazine rings is 1. The molecule has 0 aliphatic carbocycles. The highest BCUT2D eigenvalue weighted by Gasteiger charge is 2.34. The number of hydrogen-bond donors (Lipinski definition) is 0. The Morgan fingerprint density at radius 2 is 2.29 bits per heavy atom. The Kier molecular flexibility index (Phi) is 3.29. The number of carbonyl (C=O) groups excluding carboxylic acids is 1. The molecule has 2 aliphatic rings. The van der Waals surface area contributed by atoms with Crippen molar-refractivity contribution >= 4 is 17.5 Å². The first-order chi connectivity index (χ1) is 6.81. The van der Waals surface area contributed by atoms with Crippen LogP contribution in [0.1, 0.15) is 19.3 Å². The first-order valence-electron chi connectivity index (χ1n) is 5.39. The number of rotatable bonds is 3. The Labute approximate surface area is 90.0 Å². The van der Waals surface area contributed by atoms with Crippen molar-refractivity contribution in [2.45, 2.75) is 25.3 Å². The van der Waals surface area contributed by atoms with Crippen LogP contribution in [0, 0.1) is 0 Å². The number of fused-ring (bicyclic) bond motifs is 1. The zero-order valence-corrected chi connectivity index (χ0v) is 9.17. The molecule has 0 aromatic carbocycles. The molecule has 4 heteroatoms. The maximum atomic E-state index is 11.4. The van der Waals surface area contributed by atoms with Gasteiger partial charge >= 0.3 is 0 Å². The van der Waals surface area contributed by atoms with Crippen molar-refractivity contribution in [3.63, 3.8) is 0 Å². The summed E-state index contributed by atoms with van der Waals surface area (Å²) in [6.07, 6.45) is 2.87. The van der Waals surface area contributed by atoms with Gasteiger partial charge in [-0.15, -0.1) is 11.6 Å². The number of amides is 1. The Hall–Kier alpha value is -0.280. The average Bonchev–Trinajstić information content (AvgIpc) is 2.57. The van der Waals surface area contributed by atoms with Crippen molar-refractivity contribution in [2.24, 2.45) is 0 Å². The van der Waals surface area contributed by atoms with Gasteiger partial charge in [-0.2, -0.15) is 0 Å². The van der Waals surface area contributed by atoms with E-state index in [1.165, 1.54) is 0 Å². The van der Waals surface area contributed by atoms with E-state index in [4.69, 9.17) is 11.6 Å². The van der Waals surface area contributed by atoms with E-state index in [0.29, 0.717) is 11.9 Å². The minimum Gasteiger partial charge on any atom is -0.337 e. The molecule has 1 unspecified atom stereocenters. The molecule has 0 radical (unpaired) electrons. The summed E-state index contributed by atoms with van der Waals surface area (Å²) in [4.78, 5) is 15.9. The van der Waals surface area contributed by atoms with Gasteiger partial charge in [0.1, 0.15) is 0 Å². The minimum atomic E-state index is 0.354. The third-order valence-electron chi connectivity index (χ3n) is 3.19. The van der Waals surface area contributed by atoms with E-state index in [1.54, 1.807) is 0 Å². The van der Waals surface area contributed by atoms with Gasteiger partial charge in [0.05, 0.1) is 0 Å². The Morgan fingerprint density at radius 3 is 3.07 bits per heavy atom. The lowest BCUT2D eigenvalue weighted by molar-refractivity contribution is -0.130. The second kappa shape index (κ2) is 4.49. The van der Waals surface area contributed by atoms with Crippen molar-refractivity contribution in [1.82, 2.24) is 9.80 Å². The largest absolute Gasteiger partial charge is 0.337 e. The fourth-order valence-corrected chi connectivity index (χ4v) is 2.53. The van der Waals surface area contributed by atoms with Crippen molar-refractivity contribution in [3.05, 3.63) is 0 Å². The van der Waals surface area contributed by atoms with Gasteiger partial charge in [0.2, 0.25) is 5.91 Å². The molecule has 0 spiro atoms. The minimum absolute atomic E-state index is 0.354. The number of hydrogen-bond acceptors (Lipinski definition) is 2. The van der Waals surface area contributed by atoms with E-state index in [9.17, 15) is 4.79 Å². The van der Waals surface area contributed by atoms with Gasteiger partial charge in [0.25, 0.3) is 0 Å². The molecule has 2 rings (SSSR count). The standard InChI is InChI=1S/C10H17ClN2O/c11-4-1-5-12-6-7-13-9(8-12)2-3-10(13)14/h9H,1-8H2. The normalized spacial score (nSPS) is 28.2. The van der Waals surface area contributed by atoms with Gasteiger partial charge in [-0.05, 0) is 19.4 Å². The molecule has 0 aromatic rings.